The third kappa shape index (κ3) is 3.17. The molecule has 2 N–H and O–H groups in total. The number of ketones is 1. The van der Waals surface area contributed by atoms with Gasteiger partial charge in [0.05, 0.1) is 11.7 Å². The van der Waals surface area contributed by atoms with E-state index in [1.54, 1.807) is 6.92 Å². The highest BCUT2D eigenvalue weighted by molar-refractivity contribution is 5.93. The average Bonchev–Trinajstić information content (AvgIpc) is 2.73. The van der Waals surface area contributed by atoms with E-state index < -0.39 is 24.0 Å². The quantitative estimate of drug-likeness (QED) is 0.750. The molecule has 0 aromatic heterocycles. The maximum absolute atomic E-state index is 11.8. The number of allylic oxidation sites excluding steroid dienone is 1. The molecule has 1 saturated carbocycles. The van der Waals surface area contributed by atoms with E-state index in [4.69, 9.17) is 4.74 Å². The van der Waals surface area contributed by atoms with Gasteiger partial charge in [0.1, 0.15) is 12.3 Å². The molecule has 0 aromatic carbocycles. The predicted molar refractivity (Wildman–Crippen MR) is 75.0 cm³/mol. The Morgan fingerprint density at radius 3 is 2.52 bits per heavy atom. The molecule has 21 heavy (non-hydrogen) atoms. The van der Waals surface area contributed by atoms with Gasteiger partial charge < -0.3 is 14.9 Å². The van der Waals surface area contributed by atoms with Gasteiger partial charge in [0, 0.05) is 25.1 Å². The summed E-state index contributed by atoms with van der Waals surface area (Å²) in [7, 11) is 0. The van der Waals surface area contributed by atoms with Crippen molar-refractivity contribution in [3.8, 4) is 0 Å². The zero-order valence-electron chi connectivity index (χ0n) is 12.7. The molecule has 1 aliphatic heterocycles. The number of rotatable bonds is 3. The zero-order valence-corrected chi connectivity index (χ0v) is 12.7. The molecule has 0 radical (unpaired) electrons. The number of fused-ring (bicyclic) bond motifs is 1. The second-order valence-corrected chi connectivity index (χ2v) is 6.07. The summed E-state index contributed by atoms with van der Waals surface area (Å²) in [5, 5.41) is 20.6. The Balaban J connectivity index is 2.22. The van der Waals surface area contributed by atoms with Gasteiger partial charge in [0.25, 0.3) is 0 Å². The molecule has 0 spiro atoms. The van der Waals surface area contributed by atoms with Gasteiger partial charge in [-0.2, -0.15) is 0 Å². The number of amides is 1. The summed E-state index contributed by atoms with van der Waals surface area (Å²) >= 11 is 0. The molecule has 1 aliphatic carbocycles. The monoisotopic (exact) mass is 297 g/mol. The van der Waals surface area contributed by atoms with Gasteiger partial charge >= 0.3 is 0 Å². The van der Waals surface area contributed by atoms with Gasteiger partial charge in [-0.1, -0.05) is 0 Å². The third-order valence-corrected chi connectivity index (χ3v) is 4.38. The SMILES string of the molecule is CC(=O)/C(C)=C\N(C(C)=O)[C@H]1C[C@]2(O)CCC[C@H](O)[C@@H]2O1. The third-order valence-electron chi connectivity index (χ3n) is 4.38. The fourth-order valence-electron chi connectivity index (χ4n) is 3.06. The van der Waals surface area contributed by atoms with Crippen LogP contribution in [-0.4, -0.2) is 50.8 Å². The Morgan fingerprint density at radius 1 is 1.33 bits per heavy atom. The Kier molecular flexibility index (Phi) is 4.51. The molecule has 1 heterocycles. The van der Waals surface area contributed by atoms with E-state index in [2.05, 4.69) is 0 Å². The van der Waals surface area contributed by atoms with E-state index in [0.29, 0.717) is 18.4 Å². The largest absolute Gasteiger partial charge is 0.390 e. The van der Waals surface area contributed by atoms with Crippen molar-refractivity contribution in [3.63, 3.8) is 0 Å². The molecule has 0 bridgehead atoms. The van der Waals surface area contributed by atoms with Gasteiger partial charge in [-0.3, -0.25) is 14.5 Å². The van der Waals surface area contributed by atoms with E-state index in [-0.39, 0.29) is 18.1 Å². The van der Waals surface area contributed by atoms with Crippen LogP contribution in [0.3, 0.4) is 0 Å². The van der Waals surface area contributed by atoms with E-state index in [1.165, 1.54) is 24.9 Å². The molecule has 1 saturated heterocycles. The van der Waals surface area contributed by atoms with Crippen LogP contribution in [0.4, 0.5) is 0 Å². The molecular formula is C15H23NO5. The van der Waals surface area contributed by atoms with E-state index in [0.717, 1.165) is 6.42 Å². The average molecular weight is 297 g/mol. The molecule has 2 aliphatic rings. The van der Waals surface area contributed by atoms with Crippen molar-refractivity contribution in [3.05, 3.63) is 11.8 Å². The number of aliphatic hydroxyl groups is 2. The predicted octanol–water partition coefficient (Wildman–Crippen LogP) is 0.719. The standard InChI is InChI=1S/C15H23NO5/c1-9(10(2)17)8-16(11(3)18)13-7-15(20)6-4-5-12(19)14(15)21-13/h8,12-14,19-20H,4-7H2,1-3H3/b9-8-/t12-,13+,14-,15+/m0/s1. The van der Waals surface area contributed by atoms with Crippen molar-refractivity contribution in [2.45, 2.75) is 70.5 Å². The fourth-order valence-corrected chi connectivity index (χ4v) is 3.06. The zero-order chi connectivity index (χ0) is 15.8. The lowest BCUT2D eigenvalue weighted by Gasteiger charge is -2.35. The van der Waals surface area contributed by atoms with Gasteiger partial charge in [-0.25, -0.2) is 0 Å². The number of aliphatic hydroxyl groups excluding tert-OH is 1. The number of hydrogen-bond acceptors (Lipinski definition) is 5. The number of ether oxygens (including phenoxy) is 1. The maximum Gasteiger partial charge on any atom is 0.225 e. The smallest absolute Gasteiger partial charge is 0.225 e. The van der Waals surface area contributed by atoms with Crippen LogP contribution in [0, 0.1) is 0 Å². The highest BCUT2D eigenvalue weighted by atomic mass is 16.6. The lowest BCUT2D eigenvalue weighted by Crippen LogP contribution is -2.48. The van der Waals surface area contributed by atoms with Crippen LogP contribution in [0.15, 0.2) is 11.8 Å². The molecule has 6 heteroatoms. The van der Waals surface area contributed by atoms with Gasteiger partial charge in [0.2, 0.25) is 5.91 Å². The molecule has 1 amide bonds. The normalized spacial score (nSPS) is 36.2. The summed E-state index contributed by atoms with van der Waals surface area (Å²) in [6.45, 7) is 4.44. The van der Waals surface area contributed by atoms with E-state index in [1.807, 2.05) is 0 Å². The second kappa shape index (κ2) is 5.87. The summed E-state index contributed by atoms with van der Waals surface area (Å²) in [6, 6.07) is 0. The van der Waals surface area contributed by atoms with E-state index in [9.17, 15) is 19.8 Å². The van der Waals surface area contributed by atoms with Crippen LogP contribution in [0.25, 0.3) is 0 Å². The molecule has 4 atom stereocenters. The lowest BCUT2D eigenvalue weighted by atomic mass is 9.80. The minimum Gasteiger partial charge on any atom is -0.390 e. The summed E-state index contributed by atoms with van der Waals surface area (Å²) in [4.78, 5) is 24.5. The Hall–Kier alpha value is -1.24. The Labute approximate surface area is 124 Å². The summed E-state index contributed by atoms with van der Waals surface area (Å²) in [5.41, 5.74) is -0.662. The molecule has 0 aromatic rings. The van der Waals surface area contributed by atoms with Crippen molar-refractivity contribution in [1.29, 1.82) is 0 Å². The topological polar surface area (TPSA) is 87.1 Å². The molecule has 2 rings (SSSR count). The summed E-state index contributed by atoms with van der Waals surface area (Å²) in [6.07, 6.45) is 1.52. The van der Waals surface area contributed by atoms with Crippen LogP contribution < -0.4 is 0 Å². The van der Waals surface area contributed by atoms with Crippen molar-refractivity contribution < 1.29 is 24.5 Å². The Bertz CT molecular complexity index is 475. The first-order valence-electron chi connectivity index (χ1n) is 7.29. The number of carbonyl (C=O) groups excluding carboxylic acids is 2. The minimum absolute atomic E-state index is 0.129. The second-order valence-electron chi connectivity index (χ2n) is 6.07. The van der Waals surface area contributed by atoms with Crippen LogP contribution in [-0.2, 0) is 14.3 Å². The first-order valence-corrected chi connectivity index (χ1v) is 7.29. The van der Waals surface area contributed by atoms with E-state index >= 15 is 0 Å². The van der Waals surface area contributed by atoms with Crippen molar-refractivity contribution in [2.24, 2.45) is 0 Å². The number of hydrogen-bond donors (Lipinski definition) is 2. The van der Waals surface area contributed by atoms with Crippen LogP contribution in [0.5, 0.6) is 0 Å². The number of Topliss-reactive ketones (excluding diaryl/α,β-unsaturated/α-hetero) is 1. The minimum atomic E-state index is -1.10. The highest BCUT2D eigenvalue weighted by Gasteiger charge is 2.53. The van der Waals surface area contributed by atoms with Crippen molar-refractivity contribution in [1.82, 2.24) is 4.90 Å². The lowest BCUT2D eigenvalue weighted by molar-refractivity contribution is -0.153. The summed E-state index contributed by atoms with van der Waals surface area (Å²) in [5.74, 6) is -0.396. The van der Waals surface area contributed by atoms with Crippen molar-refractivity contribution in [2.75, 3.05) is 0 Å². The highest BCUT2D eigenvalue weighted by Crippen LogP contribution is 2.42. The number of nitrogens with zero attached hydrogens (tertiary/aromatic N) is 1. The first kappa shape index (κ1) is 16.1. The molecule has 6 nitrogen and oxygen atoms in total. The van der Waals surface area contributed by atoms with Crippen LogP contribution >= 0.6 is 0 Å². The van der Waals surface area contributed by atoms with Crippen LogP contribution in [0.2, 0.25) is 0 Å². The van der Waals surface area contributed by atoms with Crippen LogP contribution in [0.1, 0.15) is 46.5 Å². The first-order chi connectivity index (χ1) is 9.74. The Morgan fingerprint density at radius 2 is 2.00 bits per heavy atom. The van der Waals surface area contributed by atoms with Gasteiger partial charge in [-0.15, -0.1) is 0 Å². The molecule has 118 valence electrons. The van der Waals surface area contributed by atoms with Gasteiger partial charge in [-0.05, 0) is 33.1 Å². The van der Waals surface area contributed by atoms with Crippen molar-refractivity contribution >= 4 is 11.7 Å². The molecule has 0 unspecified atom stereocenters. The summed E-state index contributed by atoms with van der Waals surface area (Å²) < 4.78 is 5.73. The molecular weight excluding hydrogens is 274 g/mol. The fraction of sp³-hybridized carbons (Fsp3) is 0.733. The maximum atomic E-state index is 11.8. The van der Waals surface area contributed by atoms with Gasteiger partial charge in [0.15, 0.2) is 5.78 Å². The molecule has 2 fully saturated rings. The number of carbonyl (C=O) groups is 2.